The summed E-state index contributed by atoms with van der Waals surface area (Å²) < 4.78 is 7.59. The zero-order valence-corrected chi connectivity index (χ0v) is 18.0. The Morgan fingerprint density at radius 2 is 2.03 bits per heavy atom. The lowest BCUT2D eigenvalue weighted by Crippen LogP contribution is -2.25. The molecular weight excluding hydrogens is 439 g/mol. The van der Waals surface area contributed by atoms with Gasteiger partial charge < -0.3 is 19.3 Å². The molecule has 158 valence electrons. The van der Waals surface area contributed by atoms with Crippen molar-refractivity contribution in [1.82, 2.24) is 14.5 Å². The summed E-state index contributed by atoms with van der Waals surface area (Å²) in [6.45, 7) is 0.734. The van der Waals surface area contributed by atoms with Crippen molar-refractivity contribution in [1.29, 1.82) is 0 Å². The average molecular weight is 457 g/mol. The highest BCUT2D eigenvalue weighted by atomic mass is 35.5. The van der Waals surface area contributed by atoms with E-state index in [1.165, 1.54) is 6.07 Å². The molecule has 0 amide bonds. The fourth-order valence-corrected chi connectivity index (χ4v) is 3.55. The van der Waals surface area contributed by atoms with E-state index in [9.17, 15) is 9.90 Å². The molecule has 0 spiro atoms. The smallest absolute Gasteiger partial charge is 0.339 e. The molecule has 2 aromatic heterocycles. The Balaban J connectivity index is 1.62. The van der Waals surface area contributed by atoms with Gasteiger partial charge in [0.25, 0.3) is 0 Å². The first-order chi connectivity index (χ1) is 15.0. The number of aromatic carboxylic acids is 1. The SMILES string of the molecule is CN(CCOc1ccccc1C(=O)O)c1cc(-n2ccnc2)c2ccc(Cl)c(Cl)c2n1. The van der Waals surface area contributed by atoms with E-state index in [1.54, 1.807) is 36.8 Å². The number of ether oxygens (including phenoxy) is 1. The summed E-state index contributed by atoms with van der Waals surface area (Å²) in [7, 11) is 1.87. The molecular formula is C22H18Cl2N4O3. The van der Waals surface area contributed by atoms with Crippen molar-refractivity contribution in [2.75, 3.05) is 25.1 Å². The topological polar surface area (TPSA) is 80.5 Å². The van der Waals surface area contributed by atoms with Crippen molar-refractivity contribution in [2.45, 2.75) is 0 Å². The Labute approximate surface area is 188 Å². The first-order valence-electron chi connectivity index (χ1n) is 9.39. The summed E-state index contributed by atoms with van der Waals surface area (Å²) in [5, 5.41) is 10.9. The molecule has 0 saturated heterocycles. The largest absolute Gasteiger partial charge is 0.491 e. The molecule has 4 rings (SSSR count). The lowest BCUT2D eigenvalue weighted by atomic mass is 10.1. The van der Waals surface area contributed by atoms with Gasteiger partial charge in [-0.15, -0.1) is 0 Å². The maximum atomic E-state index is 11.3. The molecule has 0 aliphatic carbocycles. The zero-order valence-electron chi connectivity index (χ0n) is 16.5. The molecule has 0 aliphatic rings. The third-order valence-corrected chi connectivity index (χ3v) is 5.61. The summed E-state index contributed by atoms with van der Waals surface area (Å²) in [5.41, 5.74) is 1.57. The van der Waals surface area contributed by atoms with Crippen LogP contribution in [0.4, 0.5) is 5.82 Å². The first-order valence-corrected chi connectivity index (χ1v) is 10.1. The summed E-state index contributed by atoms with van der Waals surface area (Å²) in [5.74, 6) is -0.0454. The minimum atomic E-state index is -1.03. The maximum absolute atomic E-state index is 11.3. The number of benzene rings is 2. The number of likely N-dealkylation sites (N-methyl/N-ethyl adjacent to an activating group) is 1. The van der Waals surface area contributed by atoms with Crippen LogP contribution in [0.25, 0.3) is 16.6 Å². The number of carbonyl (C=O) groups is 1. The lowest BCUT2D eigenvalue weighted by Gasteiger charge is -2.21. The number of hydrogen-bond donors (Lipinski definition) is 1. The summed E-state index contributed by atoms with van der Waals surface area (Å²) >= 11 is 12.7. The van der Waals surface area contributed by atoms with Gasteiger partial charge in [0.05, 0.1) is 34.1 Å². The minimum Gasteiger partial charge on any atom is -0.491 e. The van der Waals surface area contributed by atoms with Gasteiger partial charge >= 0.3 is 5.97 Å². The van der Waals surface area contributed by atoms with Crippen LogP contribution in [-0.4, -0.2) is 45.8 Å². The second kappa shape index (κ2) is 8.83. The molecule has 0 fully saturated rings. The zero-order chi connectivity index (χ0) is 22.0. The Morgan fingerprint density at radius 1 is 1.23 bits per heavy atom. The Bertz CT molecular complexity index is 1250. The van der Waals surface area contributed by atoms with E-state index in [4.69, 9.17) is 32.9 Å². The maximum Gasteiger partial charge on any atom is 0.339 e. The average Bonchev–Trinajstić information content (AvgIpc) is 3.30. The van der Waals surface area contributed by atoms with Crippen molar-refractivity contribution in [3.05, 3.63) is 76.8 Å². The molecule has 2 aromatic carbocycles. The number of nitrogens with zero attached hydrogens (tertiary/aromatic N) is 4. The van der Waals surface area contributed by atoms with Crippen LogP contribution in [0.15, 0.2) is 61.2 Å². The van der Waals surface area contributed by atoms with Crippen molar-refractivity contribution in [3.8, 4) is 11.4 Å². The van der Waals surface area contributed by atoms with Crippen molar-refractivity contribution in [3.63, 3.8) is 0 Å². The van der Waals surface area contributed by atoms with Gasteiger partial charge in [-0.2, -0.15) is 0 Å². The molecule has 0 atom stereocenters. The fraction of sp³-hybridized carbons (Fsp3) is 0.136. The van der Waals surface area contributed by atoms with Gasteiger partial charge in [0.2, 0.25) is 0 Å². The molecule has 1 N–H and O–H groups in total. The molecule has 2 heterocycles. The van der Waals surface area contributed by atoms with E-state index in [2.05, 4.69) is 4.98 Å². The number of anilines is 1. The van der Waals surface area contributed by atoms with E-state index < -0.39 is 5.97 Å². The van der Waals surface area contributed by atoms with Gasteiger partial charge in [0.15, 0.2) is 0 Å². The standard InChI is InChI=1S/C22H18Cl2N4O3/c1-27(10-11-31-18-5-3-2-4-15(18)22(29)30)19-12-17(28-9-8-25-13-28)14-6-7-16(23)20(24)21(14)26-19/h2-9,12-13H,10-11H2,1H3,(H,29,30). The fourth-order valence-electron chi connectivity index (χ4n) is 3.19. The third-order valence-electron chi connectivity index (χ3n) is 4.81. The number of para-hydroxylation sites is 1. The highest BCUT2D eigenvalue weighted by Gasteiger charge is 2.15. The van der Waals surface area contributed by atoms with Crippen LogP contribution in [0.3, 0.4) is 0 Å². The van der Waals surface area contributed by atoms with Crippen LogP contribution < -0.4 is 9.64 Å². The molecule has 31 heavy (non-hydrogen) atoms. The van der Waals surface area contributed by atoms with E-state index in [-0.39, 0.29) is 12.2 Å². The number of hydrogen-bond acceptors (Lipinski definition) is 5. The number of imidazole rings is 1. The molecule has 0 saturated carbocycles. The quantitative estimate of drug-likeness (QED) is 0.424. The van der Waals surface area contributed by atoms with Gasteiger partial charge in [0.1, 0.15) is 23.7 Å². The predicted molar refractivity (Wildman–Crippen MR) is 121 cm³/mol. The highest BCUT2D eigenvalue weighted by molar-refractivity contribution is 6.45. The molecule has 0 aliphatic heterocycles. The van der Waals surface area contributed by atoms with Gasteiger partial charge in [-0.3, -0.25) is 0 Å². The molecule has 4 aromatic rings. The van der Waals surface area contributed by atoms with Crippen LogP contribution in [0.1, 0.15) is 10.4 Å². The number of aromatic nitrogens is 3. The normalized spacial score (nSPS) is 10.9. The molecule has 0 unspecified atom stereocenters. The number of carboxylic acid groups (broad SMARTS) is 1. The summed E-state index contributed by atoms with van der Waals surface area (Å²) in [6.07, 6.45) is 5.24. The summed E-state index contributed by atoms with van der Waals surface area (Å²) in [6, 6.07) is 12.1. The lowest BCUT2D eigenvalue weighted by molar-refractivity contribution is 0.0692. The van der Waals surface area contributed by atoms with Crippen molar-refractivity contribution < 1.29 is 14.6 Å². The van der Waals surface area contributed by atoms with Crippen molar-refractivity contribution in [2.24, 2.45) is 0 Å². The van der Waals surface area contributed by atoms with Gasteiger partial charge in [-0.05, 0) is 24.3 Å². The van der Waals surface area contributed by atoms with Gasteiger partial charge in [-0.1, -0.05) is 35.3 Å². The number of fused-ring (bicyclic) bond motifs is 1. The second-order valence-corrected chi connectivity index (χ2v) is 7.58. The van der Waals surface area contributed by atoms with E-state index in [1.807, 2.05) is 34.8 Å². The number of carboxylic acids is 1. The highest BCUT2D eigenvalue weighted by Crippen LogP contribution is 2.34. The summed E-state index contributed by atoms with van der Waals surface area (Å²) in [4.78, 5) is 22.1. The second-order valence-electron chi connectivity index (χ2n) is 6.80. The van der Waals surface area contributed by atoms with E-state index >= 15 is 0 Å². The minimum absolute atomic E-state index is 0.123. The molecule has 0 radical (unpaired) electrons. The Hall–Kier alpha value is -3.29. The molecule has 7 nitrogen and oxygen atoms in total. The monoisotopic (exact) mass is 456 g/mol. The molecule has 9 heteroatoms. The number of pyridine rings is 1. The van der Waals surface area contributed by atoms with Gasteiger partial charge in [0, 0.05) is 30.9 Å². The van der Waals surface area contributed by atoms with Crippen molar-refractivity contribution >= 4 is 45.9 Å². The number of halogens is 2. The van der Waals surface area contributed by atoms with Crippen LogP contribution in [0.2, 0.25) is 10.0 Å². The van der Waals surface area contributed by atoms with E-state index in [0.29, 0.717) is 33.7 Å². The van der Waals surface area contributed by atoms with Crippen LogP contribution >= 0.6 is 23.2 Å². The Morgan fingerprint density at radius 3 is 2.77 bits per heavy atom. The van der Waals surface area contributed by atoms with Crippen LogP contribution in [0.5, 0.6) is 5.75 Å². The van der Waals surface area contributed by atoms with Crippen LogP contribution in [-0.2, 0) is 0 Å². The third kappa shape index (κ3) is 4.28. The molecule has 0 bridgehead atoms. The predicted octanol–water partition coefficient (Wildman–Crippen LogP) is 4.94. The number of rotatable bonds is 7. The van der Waals surface area contributed by atoms with E-state index in [0.717, 1.165) is 11.1 Å². The van der Waals surface area contributed by atoms with Crippen LogP contribution in [0, 0.1) is 0 Å². The Kier molecular flexibility index (Phi) is 5.97. The van der Waals surface area contributed by atoms with Gasteiger partial charge in [-0.25, -0.2) is 14.8 Å². The first kappa shape index (κ1) is 21.0.